The number of amides is 2. The van der Waals surface area contributed by atoms with Crippen LogP contribution >= 0.6 is 0 Å². The molecule has 0 aliphatic carbocycles. The van der Waals surface area contributed by atoms with E-state index in [9.17, 15) is 9.59 Å². The lowest BCUT2D eigenvalue weighted by Crippen LogP contribution is -2.61. The van der Waals surface area contributed by atoms with Crippen molar-refractivity contribution in [3.8, 4) is 11.1 Å². The van der Waals surface area contributed by atoms with E-state index in [0.29, 0.717) is 44.8 Å². The highest BCUT2D eigenvalue weighted by Crippen LogP contribution is 2.28. The van der Waals surface area contributed by atoms with Gasteiger partial charge >= 0.3 is 0 Å². The molecular weight excluding hydrogens is 394 g/mol. The number of nitrogens with zero attached hydrogens (tertiary/aromatic N) is 3. The number of ether oxygens (including phenoxy) is 2. The minimum atomic E-state index is -0.158. The van der Waals surface area contributed by atoms with Gasteiger partial charge in [0.1, 0.15) is 0 Å². The second kappa shape index (κ2) is 9.16. The number of hydrogen-bond donors (Lipinski definition) is 0. The standard InChI is InChI=1S/C24H29N3O4/c1-16-7-9-25-17(2)23(16)18-5-4-6-19(11-18)24(29)27-14-20-12-26(13-21(15-27)31-20)22(28)8-10-30-3/h4-7,9,11,20-21H,8,10,12-15H2,1-3H3. The first kappa shape index (κ1) is 21.5. The van der Waals surface area contributed by atoms with Crippen molar-refractivity contribution in [3.05, 3.63) is 53.3 Å². The Bertz CT molecular complexity index is 943. The zero-order valence-electron chi connectivity index (χ0n) is 18.3. The van der Waals surface area contributed by atoms with E-state index in [-0.39, 0.29) is 24.0 Å². The number of aryl methyl sites for hydroxylation is 2. The monoisotopic (exact) mass is 423 g/mol. The minimum Gasteiger partial charge on any atom is -0.384 e. The Kier molecular flexibility index (Phi) is 6.34. The van der Waals surface area contributed by atoms with E-state index in [2.05, 4.69) is 11.9 Å². The molecule has 2 atom stereocenters. The van der Waals surface area contributed by atoms with Crippen molar-refractivity contribution in [1.29, 1.82) is 0 Å². The molecule has 0 N–H and O–H groups in total. The first-order chi connectivity index (χ1) is 15.0. The fourth-order valence-corrected chi connectivity index (χ4v) is 4.53. The summed E-state index contributed by atoms with van der Waals surface area (Å²) in [5, 5.41) is 0. The maximum absolute atomic E-state index is 13.3. The minimum absolute atomic E-state index is 0.00138. The average Bonchev–Trinajstić information content (AvgIpc) is 2.76. The summed E-state index contributed by atoms with van der Waals surface area (Å²) in [5.74, 6) is 0.0772. The first-order valence-electron chi connectivity index (χ1n) is 10.7. The van der Waals surface area contributed by atoms with Gasteiger partial charge in [-0.3, -0.25) is 14.6 Å². The molecule has 2 aliphatic heterocycles. The molecular formula is C24H29N3O4. The van der Waals surface area contributed by atoms with Gasteiger partial charge in [-0.05, 0) is 43.2 Å². The van der Waals surface area contributed by atoms with Crippen molar-refractivity contribution in [2.75, 3.05) is 39.9 Å². The number of rotatable bonds is 5. The maximum atomic E-state index is 13.3. The number of methoxy groups -OCH3 is 1. The Morgan fingerprint density at radius 1 is 1.10 bits per heavy atom. The summed E-state index contributed by atoms with van der Waals surface area (Å²) < 4.78 is 11.0. The number of benzene rings is 1. The summed E-state index contributed by atoms with van der Waals surface area (Å²) in [6.07, 6.45) is 1.86. The summed E-state index contributed by atoms with van der Waals surface area (Å²) in [7, 11) is 1.59. The number of aromatic nitrogens is 1. The van der Waals surface area contributed by atoms with Crippen LogP contribution < -0.4 is 0 Å². The van der Waals surface area contributed by atoms with E-state index < -0.39 is 0 Å². The number of morpholine rings is 2. The molecule has 164 valence electrons. The van der Waals surface area contributed by atoms with Gasteiger partial charge in [0.05, 0.1) is 25.2 Å². The Balaban J connectivity index is 1.48. The van der Waals surface area contributed by atoms with Gasteiger partial charge in [-0.15, -0.1) is 0 Å². The van der Waals surface area contributed by atoms with E-state index in [4.69, 9.17) is 9.47 Å². The third-order valence-electron chi connectivity index (χ3n) is 5.99. The summed E-state index contributed by atoms with van der Waals surface area (Å²) in [5.41, 5.74) is 4.81. The summed E-state index contributed by atoms with van der Waals surface area (Å²) in [6.45, 7) is 6.45. The fraction of sp³-hybridized carbons (Fsp3) is 0.458. The van der Waals surface area contributed by atoms with Crippen molar-refractivity contribution in [2.24, 2.45) is 0 Å². The third kappa shape index (κ3) is 4.62. The van der Waals surface area contributed by atoms with E-state index in [1.165, 1.54) is 0 Å². The van der Waals surface area contributed by atoms with Crippen molar-refractivity contribution in [3.63, 3.8) is 0 Å². The molecule has 2 aromatic rings. The van der Waals surface area contributed by atoms with Crippen LogP contribution in [0.25, 0.3) is 11.1 Å². The summed E-state index contributed by atoms with van der Waals surface area (Å²) in [4.78, 5) is 33.8. The quantitative estimate of drug-likeness (QED) is 0.739. The molecule has 3 heterocycles. The normalized spacial score (nSPS) is 20.6. The highest BCUT2D eigenvalue weighted by molar-refractivity contribution is 5.95. The summed E-state index contributed by atoms with van der Waals surface area (Å²) in [6, 6.07) is 9.74. The SMILES string of the molecule is COCCC(=O)N1CC2CN(C(=O)c3cccc(-c4c(C)ccnc4C)c3)CC(C1)O2. The number of carbonyl (C=O) groups excluding carboxylic acids is 2. The summed E-state index contributed by atoms with van der Waals surface area (Å²) >= 11 is 0. The van der Waals surface area contributed by atoms with E-state index in [1.807, 2.05) is 47.1 Å². The lowest BCUT2D eigenvalue weighted by atomic mass is 9.97. The van der Waals surface area contributed by atoms with Gasteiger partial charge in [0.25, 0.3) is 5.91 Å². The molecule has 4 rings (SSSR count). The Morgan fingerprint density at radius 2 is 1.81 bits per heavy atom. The van der Waals surface area contributed by atoms with Gasteiger partial charge in [-0.2, -0.15) is 0 Å². The molecule has 2 bridgehead atoms. The van der Waals surface area contributed by atoms with Crippen molar-refractivity contribution < 1.29 is 19.1 Å². The van der Waals surface area contributed by atoms with Crippen LogP contribution in [0.4, 0.5) is 0 Å². The number of hydrogen-bond acceptors (Lipinski definition) is 5. The third-order valence-corrected chi connectivity index (χ3v) is 5.99. The highest BCUT2D eigenvalue weighted by Gasteiger charge is 2.38. The lowest BCUT2D eigenvalue weighted by molar-refractivity contribution is -0.157. The van der Waals surface area contributed by atoms with Crippen LogP contribution in [0, 0.1) is 13.8 Å². The molecule has 1 aromatic heterocycles. The second-order valence-electron chi connectivity index (χ2n) is 8.30. The Morgan fingerprint density at radius 3 is 2.48 bits per heavy atom. The molecule has 2 saturated heterocycles. The van der Waals surface area contributed by atoms with Crippen LogP contribution in [0.1, 0.15) is 28.0 Å². The topological polar surface area (TPSA) is 72.0 Å². The molecule has 7 heteroatoms. The number of pyridine rings is 1. The predicted molar refractivity (Wildman–Crippen MR) is 117 cm³/mol. The van der Waals surface area contributed by atoms with Gasteiger partial charge in [0.2, 0.25) is 5.91 Å². The van der Waals surface area contributed by atoms with E-state index in [1.54, 1.807) is 13.3 Å². The van der Waals surface area contributed by atoms with Crippen molar-refractivity contribution >= 4 is 11.8 Å². The smallest absolute Gasteiger partial charge is 0.254 e. The van der Waals surface area contributed by atoms with Gasteiger partial charge < -0.3 is 19.3 Å². The molecule has 0 saturated carbocycles. The Hall–Kier alpha value is -2.77. The zero-order chi connectivity index (χ0) is 22.0. The lowest BCUT2D eigenvalue weighted by Gasteiger charge is -2.45. The van der Waals surface area contributed by atoms with Crippen molar-refractivity contribution in [1.82, 2.24) is 14.8 Å². The van der Waals surface area contributed by atoms with Gasteiger partial charge in [-0.1, -0.05) is 12.1 Å². The molecule has 0 spiro atoms. The van der Waals surface area contributed by atoms with Crippen LogP contribution in [0.5, 0.6) is 0 Å². The number of carbonyl (C=O) groups is 2. The van der Waals surface area contributed by atoms with Crippen LogP contribution in [-0.4, -0.2) is 78.7 Å². The van der Waals surface area contributed by atoms with Crippen molar-refractivity contribution in [2.45, 2.75) is 32.5 Å². The van der Waals surface area contributed by atoms with Gasteiger partial charge in [0, 0.05) is 56.3 Å². The number of fused-ring (bicyclic) bond motifs is 2. The van der Waals surface area contributed by atoms with Crippen LogP contribution in [0.3, 0.4) is 0 Å². The largest absolute Gasteiger partial charge is 0.384 e. The molecule has 2 fully saturated rings. The predicted octanol–water partition coefficient (Wildman–Crippen LogP) is 2.45. The average molecular weight is 424 g/mol. The van der Waals surface area contributed by atoms with Crippen LogP contribution in [-0.2, 0) is 14.3 Å². The fourth-order valence-electron chi connectivity index (χ4n) is 4.53. The maximum Gasteiger partial charge on any atom is 0.254 e. The molecule has 0 radical (unpaired) electrons. The van der Waals surface area contributed by atoms with Crippen LogP contribution in [0.2, 0.25) is 0 Å². The van der Waals surface area contributed by atoms with Gasteiger partial charge in [-0.25, -0.2) is 0 Å². The molecule has 31 heavy (non-hydrogen) atoms. The van der Waals surface area contributed by atoms with E-state index >= 15 is 0 Å². The molecule has 2 aliphatic rings. The molecule has 1 aromatic carbocycles. The van der Waals surface area contributed by atoms with Crippen LogP contribution in [0.15, 0.2) is 36.5 Å². The highest BCUT2D eigenvalue weighted by atomic mass is 16.5. The van der Waals surface area contributed by atoms with Gasteiger partial charge in [0.15, 0.2) is 0 Å². The molecule has 7 nitrogen and oxygen atoms in total. The first-order valence-corrected chi connectivity index (χ1v) is 10.7. The molecule has 2 unspecified atom stereocenters. The second-order valence-corrected chi connectivity index (χ2v) is 8.30. The van der Waals surface area contributed by atoms with E-state index in [0.717, 1.165) is 22.4 Å². The molecule has 2 amide bonds. The Labute approximate surface area is 183 Å². The zero-order valence-corrected chi connectivity index (χ0v) is 18.3.